The molecule has 0 aromatic carbocycles. The molecule has 0 bridgehead atoms. The summed E-state index contributed by atoms with van der Waals surface area (Å²) in [6.45, 7) is 7.22. The van der Waals surface area contributed by atoms with E-state index in [0.29, 0.717) is 30.7 Å². The van der Waals surface area contributed by atoms with E-state index in [-0.39, 0.29) is 0 Å². The second-order valence-electron chi connectivity index (χ2n) is 4.58. The topological polar surface area (TPSA) is 33.2 Å². The summed E-state index contributed by atoms with van der Waals surface area (Å²) in [6, 6.07) is 0.683. The van der Waals surface area contributed by atoms with Crippen molar-refractivity contribution < 1.29 is 4.79 Å². The number of piperidine rings is 1. The van der Waals surface area contributed by atoms with Gasteiger partial charge < -0.3 is 0 Å². The molecule has 1 aliphatic rings. The summed E-state index contributed by atoms with van der Waals surface area (Å²) in [5.41, 5.74) is 1.09. The number of carbonyl (C=O) groups is 1. The largest absolute Gasteiger partial charge is 0.300 e. The summed E-state index contributed by atoms with van der Waals surface area (Å²) >= 11 is 1.72. The molecule has 1 aromatic heterocycles. The van der Waals surface area contributed by atoms with Crippen LogP contribution in [0.15, 0.2) is 5.38 Å². The van der Waals surface area contributed by atoms with Crippen LogP contribution in [0.1, 0.15) is 43.4 Å². The first-order valence-corrected chi connectivity index (χ1v) is 6.65. The Labute approximate surface area is 100 Å². The van der Waals surface area contributed by atoms with Gasteiger partial charge >= 0.3 is 0 Å². The predicted molar refractivity (Wildman–Crippen MR) is 65.7 cm³/mol. The minimum Gasteiger partial charge on any atom is -0.300 e. The average molecular weight is 238 g/mol. The van der Waals surface area contributed by atoms with E-state index in [1.54, 1.807) is 11.3 Å². The van der Waals surface area contributed by atoms with Crippen molar-refractivity contribution >= 4 is 17.1 Å². The molecule has 2 heterocycles. The van der Waals surface area contributed by atoms with Crippen molar-refractivity contribution in [1.82, 2.24) is 9.88 Å². The van der Waals surface area contributed by atoms with Gasteiger partial charge in [0.25, 0.3) is 0 Å². The lowest BCUT2D eigenvalue weighted by molar-refractivity contribution is -0.123. The van der Waals surface area contributed by atoms with Crippen LogP contribution in [-0.4, -0.2) is 28.3 Å². The van der Waals surface area contributed by atoms with Gasteiger partial charge in [0.05, 0.1) is 6.04 Å². The lowest BCUT2D eigenvalue weighted by Gasteiger charge is -2.36. The zero-order valence-electron chi connectivity index (χ0n) is 10.1. The van der Waals surface area contributed by atoms with Crippen molar-refractivity contribution in [3.05, 3.63) is 16.1 Å². The molecule has 0 N–H and O–H groups in total. The number of ketones is 1. The van der Waals surface area contributed by atoms with Crippen LogP contribution in [0.5, 0.6) is 0 Å². The highest BCUT2D eigenvalue weighted by Crippen LogP contribution is 2.28. The number of carbonyl (C=O) groups excluding carboxylic acids is 1. The van der Waals surface area contributed by atoms with Gasteiger partial charge in [0.15, 0.2) is 0 Å². The van der Waals surface area contributed by atoms with Crippen LogP contribution in [0.4, 0.5) is 0 Å². The summed E-state index contributed by atoms with van der Waals surface area (Å²) in [4.78, 5) is 18.3. The molecule has 0 saturated carbocycles. The van der Waals surface area contributed by atoms with Crippen LogP contribution in [-0.2, 0) is 4.79 Å². The highest BCUT2D eigenvalue weighted by Gasteiger charge is 2.28. The maximum atomic E-state index is 11.3. The van der Waals surface area contributed by atoms with Crippen molar-refractivity contribution in [3.8, 4) is 0 Å². The maximum absolute atomic E-state index is 11.3. The third-order valence-corrected chi connectivity index (χ3v) is 4.36. The van der Waals surface area contributed by atoms with E-state index in [2.05, 4.69) is 29.1 Å². The Morgan fingerprint density at radius 3 is 2.94 bits per heavy atom. The Morgan fingerprint density at radius 1 is 1.62 bits per heavy atom. The highest BCUT2D eigenvalue weighted by molar-refractivity contribution is 7.09. The molecule has 1 saturated heterocycles. The van der Waals surface area contributed by atoms with Gasteiger partial charge in [-0.2, -0.15) is 0 Å². The minimum absolute atomic E-state index is 0.335. The van der Waals surface area contributed by atoms with Gasteiger partial charge in [-0.25, -0.2) is 4.98 Å². The predicted octanol–water partition coefficient (Wildman–Crippen LogP) is 2.57. The fourth-order valence-electron chi connectivity index (χ4n) is 2.30. The van der Waals surface area contributed by atoms with Gasteiger partial charge in [0, 0.05) is 36.5 Å². The average Bonchev–Trinajstić information content (AvgIpc) is 2.64. The zero-order chi connectivity index (χ0) is 11.7. The Balaban J connectivity index is 2.09. The lowest BCUT2D eigenvalue weighted by Crippen LogP contribution is -2.42. The molecule has 88 valence electrons. The normalized spacial score (nSPS) is 24.7. The van der Waals surface area contributed by atoms with Crippen molar-refractivity contribution in [2.45, 2.75) is 45.7 Å². The number of aryl methyl sites for hydroxylation is 1. The Bertz CT molecular complexity index is 388. The second kappa shape index (κ2) is 4.63. The van der Waals surface area contributed by atoms with E-state index in [0.717, 1.165) is 12.2 Å². The summed E-state index contributed by atoms with van der Waals surface area (Å²) in [5, 5.41) is 3.25. The van der Waals surface area contributed by atoms with Crippen molar-refractivity contribution in [1.29, 1.82) is 0 Å². The summed E-state index contributed by atoms with van der Waals surface area (Å²) in [5.74, 6) is 0.395. The molecule has 2 rings (SSSR count). The zero-order valence-corrected chi connectivity index (χ0v) is 10.9. The van der Waals surface area contributed by atoms with E-state index in [1.807, 2.05) is 6.92 Å². The minimum atomic E-state index is 0.335. The first kappa shape index (κ1) is 11.7. The molecule has 16 heavy (non-hydrogen) atoms. The first-order valence-electron chi connectivity index (χ1n) is 5.77. The summed E-state index contributed by atoms with van der Waals surface area (Å²) < 4.78 is 0. The Hall–Kier alpha value is -0.740. The molecular weight excluding hydrogens is 220 g/mol. The number of Topliss-reactive ketones (excluding diaryl/α,β-unsaturated/α-hetero) is 1. The Kier molecular flexibility index (Phi) is 3.40. The number of aromatic nitrogens is 1. The van der Waals surface area contributed by atoms with E-state index in [4.69, 9.17) is 0 Å². The molecule has 2 atom stereocenters. The molecule has 0 amide bonds. The number of thiazole rings is 1. The summed E-state index contributed by atoms with van der Waals surface area (Å²) in [6.07, 6.45) is 1.38. The van der Waals surface area contributed by atoms with Gasteiger partial charge in [0.1, 0.15) is 10.8 Å². The van der Waals surface area contributed by atoms with E-state index < -0.39 is 0 Å². The van der Waals surface area contributed by atoms with Crippen LogP contribution in [0.25, 0.3) is 0 Å². The van der Waals surface area contributed by atoms with Gasteiger partial charge in [-0.05, 0) is 20.8 Å². The smallest absolute Gasteiger partial charge is 0.135 e. The monoisotopic (exact) mass is 238 g/mol. The molecule has 0 aliphatic carbocycles. The standard InChI is InChI=1S/C12H18N2OS/c1-8-7-16-12(13-8)10(3)14-5-4-11(15)6-9(14)2/h7,9-10H,4-6H2,1-3H3. The molecule has 0 radical (unpaired) electrons. The maximum Gasteiger partial charge on any atom is 0.135 e. The van der Waals surface area contributed by atoms with Gasteiger partial charge in [-0.1, -0.05) is 0 Å². The third-order valence-electron chi connectivity index (χ3n) is 3.23. The fraction of sp³-hybridized carbons (Fsp3) is 0.667. The quantitative estimate of drug-likeness (QED) is 0.794. The summed E-state index contributed by atoms with van der Waals surface area (Å²) in [7, 11) is 0. The van der Waals surface area contributed by atoms with Crippen LogP contribution < -0.4 is 0 Å². The third kappa shape index (κ3) is 2.33. The molecule has 4 heteroatoms. The van der Waals surface area contributed by atoms with E-state index in [1.165, 1.54) is 5.01 Å². The second-order valence-corrected chi connectivity index (χ2v) is 5.47. The van der Waals surface area contributed by atoms with Crippen molar-refractivity contribution in [2.75, 3.05) is 6.54 Å². The number of nitrogens with zero attached hydrogens (tertiary/aromatic N) is 2. The number of likely N-dealkylation sites (tertiary alicyclic amines) is 1. The van der Waals surface area contributed by atoms with Crippen LogP contribution >= 0.6 is 11.3 Å². The SMILES string of the molecule is Cc1csc(C(C)N2CCC(=O)CC2C)n1. The van der Waals surface area contributed by atoms with Crippen LogP contribution in [0, 0.1) is 6.92 Å². The van der Waals surface area contributed by atoms with Crippen LogP contribution in [0.3, 0.4) is 0 Å². The van der Waals surface area contributed by atoms with Gasteiger partial charge in [-0.15, -0.1) is 11.3 Å². The van der Waals surface area contributed by atoms with Gasteiger partial charge in [-0.3, -0.25) is 9.69 Å². The van der Waals surface area contributed by atoms with Crippen molar-refractivity contribution in [3.63, 3.8) is 0 Å². The molecular formula is C12H18N2OS. The molecule has 1 aromatic rings. The first-order chi connectivity index (χ1) is 7.58. The highest BCUT2D eigenvalue weighted by atomic mass is 32.1. The van der Waals surface area contributed by atoms with Crippen LogP contribution in [0.2, 0.25) is 0 Å². The molecule has 1 aliphatic heterocycles. The number of rotatable bonds is 2. The van der Waals surface area contributed by atoms with E-state index >= 15 is 0 Å². The number of hydrogen-bond acceptors (Lipinski definition) is 4. The Morgan fingerprint density at radius 2 is 2.38 bits per heavy atom. The lowest BCUT2D eigenvalue weighted by atomic mass is 10.0. The molecule has 3 nitrogen and oxygen atoms in total. The van der Waals surface area contributed by atoms with Gasteiger partial charge in [0.2, 0.25) is 0 Å². The molecule has 2 unspecified atom stereocenters. The number of hydrogen-bond donors (Lipinski definition) is 0. The van der Waals surface area contributed by atoms with E-state index in [9.17, 15) is 4.79 Å². The van der Waals surface area contributed by atoms with Crippen molar-refractivity contribution in [2.24, 2.45) is 0 Å². The molecule has 1 fully saturated rings. The fourth-order valence-corrected chi connectivity index (χ4v) is 3.18. The molecule has 0 spiro atoms.